The molecule has 1 aliphatic rings. The molecule has 3 heteroatoms. The van der Waals surface area contributed by atoms with Crippen LogP contribution in [0, 0.1) is 12.7 Å². The molecule has 1 atom stereocenters. The minimum Gasteiger partial charge on any atom is -0.388 e. The van der Waals surface area contributed by atoms with E-state index in [0.717, 1.165) is 30.5 Å². The Bertz CT molecular complexity index is 407. The largest absolute Gasteiger partial charge is 0.388 e. The number of likely N-dealkylation sites (tertiary alicyclic amines) is 1. The first kappa shape index (κ1) is 12.5. The van der Waals surface area contributed by atoms with Crippen molar-refractivity contribution in [2.75, 3.05) is 20.1 Å². The zero-order valence-electron chi connectivity index (χ0n) is 10.5. The number of piperidine rings is 1. The van der Waals surface area contributed by atoms with E-state index in [9.17, 15) is 9.50 Å². The van der Waals surface area contributed by atoms with Crippen LogP contribution in [-0.2, 0) is 6.42 Å². The summed E-state index contributed by atoms with van der Waals surface area (Å²) in [6.45, 7) is 3.66. The SMILES string of the molecule is Cc1ccc(F)cc1CC1(O)CCCN(C)C1. The molecule has 2 rings (SSSR count). The van der Waals surface area contributed by atoms with E-state index in [1.807, 2.05) is 14.0 Å². The summed E-state index contributed by atoms with van der Waals surface area (Å²) in [7, 11) is 2.02. The van der Waals surface area contributed by atoms with Crippen molar-refractivity contribution in [2.45, 2.75) is 31.8 Å². The van der Waals surface area contributed by atoms with Crippen LogP contribution in [0.2, 0.25) is 0 Å². The molecule has 2 nitrogen and oxygen atoms in total. The van der Waals surface area contributed by atoms with Gasteiger partial charge in [-0.15, -0.1) is 0 Å². The molecule has 1 N–H and O–H groups in total. The van der Waals surface area contributed by atoms with Crippen molar-refractivity contribution in [1.29, 1.82) is 0 Å². The summed E-state index contributed by atoms with van der Waals surface area (Å²) in [4.78, 5) is 2.14. The zero-order valence-corrected chi connectivity index (χ0v) is 10.5. The maximum Gasteiger partial charge on any atom is 0.123 e. The van der Waals surface area contributed by atoms with Gasteiger partial charge in [-0.1, -0.05) is 6.07 Å². The fourth-order valence-corrected chi connectivity index (χ4v) is 2.67. The fraction of sp³-hybridized carbons (Fsp3) is 0.571. The van der Waals surface area contributed by atoms with E-state index in [-0.39, 0.29) is 5.82 Å². The number of aliphatic hydroxyl groups is 1. The second kappa shape index (κ2) is 4.75. The average molecular weight is 237 g/mol. The van der Waals surface area contributed by atoms with Crippen molar-refractivity contribution >= 4 is 0 Å². The third-order valence-electron chi connectivity index (χ3n) is 3.58. The number of likely N-dealkylation sites (N-methyl/N-ethyl adjacent to an activating group) is 1. The molecule has 0 aliphatic carbocycles. The Kier molecular flexibility index (Phi) is 3.50. The molecule has 0 radical (unpaired) electrons. The molecule has 1 aliphatic heterocycles. The molecule has 0 bridgehead atoms. The molecule has 1 aromatic rings. The molecule has 0 spiro atoms. The number of β-amino-alcohol motifs (C(OH)–C–C–N with tert-alkyl or cyclic N) is 1. The lowest BCUT2D eigenvalue weighted by Gasteiger charge is -2.37. The molecule has 0 saturated carbocycles. The molecule has 1 unspecified atom stereocenters. The lowest BCUT2D eigenvalue weighted by Crippen LogP contribution is -2.47. The maximum atomic E-state index is 13.2. The first-order valence-corrected chi connectivity index (χ1v) is 6.14. The molecule has 94 valence electrons. The highest BCUT2D eigenvalue weighted by atomic mass is 19.1. The van der Waals surface area contributed by atoms with Gasteiger partial charge in [0.1, 0.15) is 5.82 Å². The van der Waals surface area contributed by atoms with Gasteiger partial charge in [0.25, 0.3) is 0 Å². The van der Waals surface area contributed by atoms with E-state index >= 15 is 0 Å². The van der Waals surface area contributed by atoms with Crippen molar-refractivity contribution in [2.24, 2.45) is 0 Å². The van der Waals surface area contributed by atoms with E-state index in [1.165, 1.54) is 6.07 Å². The summed E-state index contributed by atoms with van der Waals surface area (Å²) >= 11 is 0. The second-order valence-corrected chi connectivity index (χ2v) is 5.31. The summed E-state index contributed by atoms with van der Waals surface area (Å²) in [6, 6.07) is 4.79. The van der Waals surface area contributed by atoms with E-state index in [2.05, 4.69) is 4.90 Å². The molecule has 0 amide bonds. The van der Waals surface area contributed by atoms with Gasteiger partial charge in [0, 0.05) is 13.0 Å². The zero-order chi connectivity index (χ0) is 12.5. The van der Waals surface area contributed by atoms with Crippen LogP contribution in [0.25, 0.3) is 0 Å². The lowest BCUT2D eigenvalue weighted by molar-refractivity contribution is -0.0225. The number of benzene rings is 1. The summed E-state index contributed by atoms with van der Waals surface area (Å²) in [6.07, 6.45) is 2.34. The minimum absolute atomic E-state index is 0.224. The quantitative estimate of drug-likeness (QED) is 0.852. The van der Waals surface area contributed by atoms with E-state index in [1.54, 1.807) is 12.1 Å². The van der Waals surface area contributed by atoms with Crippen LogP contribution in [0.3, 0.4) is 0 Å². The van der Waals surface area contributed by atoms with Crippen molar-refractivity contribution in [3.05, 3.63) is 35.1 Å². The molecule has 1 fully saturated rings. The second-order valence-electron chi connectivity index (χ2n) is 5.31. The molecule has 1 saturated heterocycles. The third kappa shape index (κ3) is 3.05. The summed E-state index contributed by atoms with van der Waals surface area (Å²) in [5.74, 6) is -0.224. The number of nitrogens with zero attached hydrogens (tertiary/aromatic N) is 1. The first-order chi connectivity index (χ1) is 7.98. The van der Waals surface area contributed by atoms with Gasteiger partial charge in [-0.25, -0.2) is 4.39 Å². The van der Waals surface area contributed by atoms with Gasteiger partial charge >= 0.3 is 0 Å². The van der Waals surface area contributed by atoms with Crippen LogP contribution in [0.15, 0.2) is 18.2 Å². The smallest absolute Gasteiger partial charge is 0.123 e. The predicted octanol–water partition coefficient (Wildman–Crippen LogP) is 2.13. The number of halogens is 1. The van der Waals surface area contributed by atoms with E-state index in [0.29, 0.717) is 13.0 Å². The van der Waals surface area contributed by atoms with Crippen LogP contribution in [-0.4, -0.2) is 35.7 Å². The van der Waals surface area contributed by atoms with Crippen LogP contribution < -0.4 is 0 Å². The highest BCUT2D eigenvalue weighted by molar-refractivity contribution is 5.28. The molecule has 17 heavy (non-hydrogen) atoms. The highest BCUT2D eigenvalue weighted by Crippen LogP contribution is 2.26. The van der Waals surface area contributed by atoms with Gasteiger partial charge in [0.15, 0.2) is 0 Å². The standard InChI is InChI=1S/C14H20FNO/c1-11-4-5-13(15)8-12(11)9-14(17)6-3-7-16(2)10-14/h4-5,8,17H,3,6-7,9-10H2,1-2H3. The Labute approximate surface area is 102 Å². The fourth-order valence-electron chi connectivity index (χ4n) is 2.67. The summed E-state index contributed by atoms with van der Waals surface area (Å²) in [5.41, 5.74) is 1.27. The van der Waals surface area contributed by atoms with Gasteiger partial charge in [0.2, 0.25) is 0 Å². The van der Waals surface area contributed by atoms with Gasteiger partial charge in [0.05, 0.1) is 5.60 Å². The average Bonchev–Trinajstić information content (AvgIpc) is 2.22. The van der Waals surface area contributed by atoms with Crippen molar-refractivity contribution < 1.29 is 9.50 Å². The van der Waals surface area contributed by atoms with Crippen LogP contribution in [0.4, 0.5) is 4.39 Å². The predicted molar refractivity (Wildman–Crippen MR) is 66.5 cm³/mol. The van der Waals surface area contributed by atoms with Crippen molar-refractivity contribution in [1.82, 2.24) is 4.90 Å². The molecule has 0 aromatic heterocycles. The van der Waals surface area contributed by atoms with E-state index < -0.39 is 5.60 Å². The van der Waals surface area contributed by atoms with Crippen molar-refractivity contribution in [3.8, 4) is 0 Å². The van der Waals surface area contributed by atoms with E-state index in [4.69, 9.17) is 0 Å². The Morgan fingerprint density at radius 3 is 2.94 bits per heavy atom. The number of hydrogen-bond donors (Lipinski definition) is 1. The minimum atomic E-state index is -0.703. The number of hydrogen-bond acceptors (Lipinski definition) is 2. The lowest BCUT2D eigenvalue weighted by atomic mass is 9.85. The van der Waals surface area contributed by atoms with Gasteiger partial charge in [-0.05, 0) is 56.6 Å². The highest BCUT2D eigenvalue weighted by Gasteiger charge is 2.32. The molecule has 1 aromatic carbocycles. The summed E-state index contributed by atoms with van der Waals surface area (Å²) in [5, 5.41) is 10.5. The summed E-state index contributed by atoms with van der Waals surface area (Å²) < 4.78 is 13.2. The van der Waals surface area contributed by atoms with Crippen molar-refractivity contribution in [3.63, 3.8) is 0 Å². The van der Waals surface area contributed by atoms with Gasteiger partial charge < -0.3 is 10.0 Å². The van der Waals surface area contributed by atoms with Gasteiger partial charge in [-0.2, -0.15) is 0 Å². The third-order valence-corrected chi connectivity index (χ3v) is 3.58. The Balaban J connectivity index is 2.16. The first-order valence-electron chi connectivity index (χ1n) is 6.14. The topological polar surface area (TPSA) is 23.5 Å². The monoisotopic (exact) mass is 237 g/mol. The number of aryl methyl sites for hydroxylation is 1. The Hall–Kier alpha value is -0.930. The normalized spacial score (nSPS) is 26.1. The molecular formula is C14H20FNO. The maximum absolute atomic E-state index is 13.2. The van der Waals surface area contributed by atoms with Crippen LogP contribution >= 0.6 is 0 Å². The van der Waals surface area contributed by atoms with Crippen LogP contribution in [0.1, 0.15) is 24.0 Å². The Morgan fingerprint density at radius 2 is 2.24 bits per heavy atom. The molecule has 1 heterocycles. The Morgan fingerprint density at radius 1 is 1.47 bits per heavy atom. The van der Waals surface area contributed by atoms with Crippen LogP contribution in [0.5, 0.6) is 0 Å². The number of rotatable bonds is 2. The van der Waals surface area contributed by atoms with Gasteiger partial charge in [-0.3, -0.25) is 0 Å². The molecular weight excluding hydrogens is 217 g/mol.